The quantitative estimate of drug-likeness (QED) is 0.742. The van der Waals surface area contributed by atoms with Crippen molar-refractivity contribution in [2.24, 2.45) is 0 Å². The van der Waals surface area contributed by atoms with Gasteiger partial charge in [-0.2, -0.15) is 0 Å². The summed E-state index contributed by atoms with van der Waals surface area (Å²) < 4.78 is 5.73. The van der Waals surface area contributed by atoms with E-state index in [1.807, 2.05) is 18.2 Å². The molecule has 0 aliphatic carbocycles. The fourth-order valence-corrected chi connectivity index (χ4v) is 1.35. The average molecular weight is 219 g/mol. The molecule has 0 fully saturated rings. The van der Waals surface area contributed by atoms with Crippen LogP contribution in [0.3, 0.4) is 0 Å². The molecule has 2 nitrogen and oxygen atoms in total. The minimum Gasteiger partial charge on any atom is -0.489 e. The summed E-state index contributed by atoms with van der Waals surface area (Å²) in [6, 6.07) is 8.17. The molecule has 0 unspecified atom stereocenters. The zero-order valence-corrected chi connectivity index (χ0v) is 10.4. The van der Waals surface area contributed by atoms with Crippen LogP contribution >= 0.6 is 0 Å². The van der Waals surface area contributed by atoms with Crippen molar-refractivity contribution in [2.45, 2.75) is 27.3 Å². The van der Waals surface area contributed by atoms with Gasteiger partial charge >= 0.3 is 0 Å². The topological polar surface area (TPSA) is 21.3 Å². The van der Waals surface area contributed by atoms with Crippen molar-refractivity contribution >= 4 is 0 Å². The van der Waals surface area contributed by atoms with Crippen LogP contribution in [-0.4, -0.2) is 13.2 Å². The largest absolute Gasteiger partial charge is 0.489 e. The standard InChI is InChI=1S/C14H21NO/c1-4-15-11-13-7-5-6-8-14(13)16-10-9-12(2)3/h5-9,15H,4,10-11H2,1-3H3. The number of rotatable bonds is 6. The summed E-state index contributed by atoms with van der Waals surface area (Å²) in [5, 5.41) is 3.31. The lowest BCUT2D eigenvalue weighted by atomic mass is 10.2. The van der Waals surface area contributed by atoms with Gasteiger partial charge in [0.15, 0.2) is 0 Å². The summed E-state index contributed by atoms with van der Waals surface area (Å²) >= 11 is 0. The van der Waals surface area contributed by atoms with E-state index < -0.39 is 0 Å². The molecule has 16 heavy (non-hydrogen) atoms. The Morgan fingerprint density at radius 1 is 1.31 bits per heavy atom. The van der Waals surface area contributed by atoms with E-state index in [9.17, 15) is 0 Å². The minimum absolute atomic E-state index is 0.644. The highest BCUT2D eigenvalue weighted by molar-refractivity contribution is 5.33. The molecule has 1 aromatic carbocycles. The van der Waals surface area contributed by atoms with Crippen LogP contribution in [0.4, 0.5) is 0 Å². The third-order valence-electron chi connectivity index (χ3n) is 2.27. The highest BCUT2D eigenvalue weighted by atomic mass is 16.5. The number of para-hydroxylation sites is 1. The molecular weight excluding hydrogens is 198 g/mol. The van der Waals surface area contributed by atoms with Gasteiger partial charge in [-0.25, -0.2) is 0 Å². The Hall–Kier alpha value is -1.28. The van der Waals surface area contributed by atoms with Gasteiger partial charge in [-0.15, -0.1) is 0 Å². The van der Waals surface area contributed by atoms with E-state index in [0.717, 1.165) is 18.8 Å². The van der Waals surface area contributed by atoms with Gasteiger partial charge < -0.3 is 10.1 Å². The minimum atomic E-state index is 0.644. The lowest BCUT2D eigenvalue weighted by molar-refractivity contribution is 0.357. The van der Waals surface area contributed by atoms with E-state index in [4.69, 9.17) is 4.74 Å². The summed E-state index contributed by atoms with van der Waals surface area (Å²) in [5.74, 6) is 0.973. The second kappa shape index (κ2) is 7.07. The van der Waals surface area contributed by atoms with Gasteiger partial charge in [-0.3, -0.25) is 0 Å². The van der Waals surface area contributed by atoms with Crippen molar-refractivity contribution in [2.75, 3.05) is 13.2 Å². The van der Waals surface area contributed by atoms with E-state index in [1.165, 1.54) is 11.1 Å². The maximum absolute atomic E-state index is 5.73. The van der Waals surface area contributed by atoms with E-state index in [2.05, 4.69) is 38.2 Å². The van der Waals surface area contributed by atoms with Crippen molar-refractivity contribution in [3.63, 3.8) is 0 Å². The normalized spacial score (nSPS) is 9.94. The molecule has 0 aliphatic rings. The molecule has 0 spiro atoms. The smallest absolute Gasteiger partial charge is 0.124 e. The maximum Gasteiger partial charge on any atom is 0.124 e. The van der Waals surface area contributed by atoms with Crippen LogP contribution in [0.1, 0.15) is 26.3 Å². The lowest BCUT2D eigenvalue weighted by Crippen LogP contribution is -2.12. The molecule has 0 amide bonds. The predicted molar refractivity (Wildman–Crippen MR) is 68.7 cm³/mol. The molecule has 0 radical (unpaired) electrons. The Morgan fingerprint density at radius 3 is 2.75 bits per heavy atom. The van der Waals surface area contributed by atoms with Gasteiger partial charge in [0.2, 0.25) is 0 Å². The first-order chi connectivity index (χ1) is 7.74. The molecular formula is C14H21NO. The second-order valence-electron chi connectivity index (χ2n) is 3.98. The molecule has 1 N–H and O–H groups in total. The second-order valence-corrected chi connectivity index (χ2v) is 3.98. The molecule has 0 aromatic heterocycles. The summed E-state index contributed by atoms with van der Waals surface area (Å²) in [7, 11) is 0. The Balaban J connectivity index is 2.59. The SMILES string of the molecule is CCNCc1ccccc1OCC=C(C)C. The van der Waals surface area contributed by atoms with Crippen molar-refractivity contribution in [3.05, 3.63) is 41.5 Å². The van der Waals surface area contributed by atoms with E-state index in [1.54, 1.807) is 0 Å². The van der Waals surface area contributed by atoms with Crippen molar-refractivity contribution in [1.29, 1.82) is 0 Å². The van der Waals surface area contributed by atoms with Gasteiger partial charge in [0, 0.05) is 12.1 Å². The van der Waals surface area contributed by atoms with Crippen molar-refractivity contribution in [1.82, 2.24) is 5.32 Å². The van der Waals surface area contributed by atoms with E-state index in [-0.39, 0.29) is 0 Å². The molecule has 0 saturated carbocycles. The van der Waals surface area contributed by atoms with Crippen LogP contribution in [0.15, 0.2) is 35.9 Å². The molecule has 88 valence electrons. The van der Waals surface area contributed by atoms with Crippen LogP contribution in [0.25, 0.3) is 0 Å². The van der Waals surface area contributed by atoms with Gasteiger partial charge in [0.25, 0.3) is 0 Å². The highest BCUT2D eigenvalue weighted by Crippen LogP contribution is 2.17. The van der Waals surface area contributed by atoms with Crippen LogP contribution in [0, 0.1) is 0 Å². The Labute approximate surface area is 98.3 Å². The molecule has 0 heterocycles. The summed E-state index contributed by atoms with van der Waals surface area (Å²) in [4.78, 5) is 0. The van der Waals surface area contributed by atoms with E-state index in [0.29, 0.717) is 6.61 Å². The number of benzene rings is 1. The van der Waals surface area contributed by atoms with Crippen molar-refractivity contribution in [3.8, 4) is 5.75 Å². The average Bonchev–Trinajstić information content (AvgIpc) is 2.27. The first-order valence-electron chi connectivity index (χ1n) is 5.78. The zero-order chi connectivity index (χ0) is 11.8. The highest BCUT2D eigenvalue weighted by Gasteiger charge is 2.00. The van der Waals surface area contributed by atoms with Crippen LogP contribution < -0.4 is 10.1 Å². The molecule has 0 atom stereocenters. The van der Waals surface area contributed by atoms with E-state index >= 15 is 0 Å². The number of nitrogens with one attached hydrogen (secondary N) is 1. The third-order valence-corrected chi connectivity index (χ3v) is 2.27. The molecule has 0 bridgehead atoms. The predicted octanol–water partition coefficient (Wildman–Crippen LogP) is 3.14. The fraction of sp³-hybridized carbons (Fsp3) is 0.429. The molecule has 1 aromatic rings. The maximum atomic E-state index is 5.73. The Morgan fingerprint density at radius 2 is 2.06 bits per heavy atom. The van der Waals surface area contributed by atoms with Gasteiger partial charge in [0.05, 0.1) is 0 Å². The summed E-state index contributed by atoms with van der Waals surface area (Å²) in [5.41, 5.74) is 2.50. The third kappa shape index (κ3) is 4.49. The first-order valence-corrected chi connectivity index (χ1v) is 5.78. The van der Waals surface area contributed by atoms with Gasteiger partial charge in [-0.1, -0.05) is 30.7 Å². The van der Waals surface area contributed by atoms with Crippen LogP contribution in [0.2, 0.25) is 0 Å². The number of hydrogen-bond acceptors (Lipinski definition) is 2. The Kier molecular flexibility index (Phi) is 5.65. The molecule has 1 rings (SSSR count). The number of allylic oxidation sites excluding steroid dienone is 1. The summed E-state index contributed by atoms with van der Waals surface area (Å²) in [6.45, 7) is 8.74. The van der Waals surface area contributed by atoms with Gasteiger partial charge in [0.1, 0.15) is 12.4 Å². The van der Waals surface area contributed by atoms with Crippen LogP contribution in [0.5, 0.6) is 5.75 Å². The number of hydrogen-bond donors (Lipinski definition) is 1. The molecule has 0 saturated heterocycles. The van der Waals surface area contributed by atoms with Crippen molar-refractivity contribution < 1.29 is 4.74 Å². The molecule has 0 aliphatic heterocycles. The van der Waals surface area contributed by atoms with Gasteiger partial charge in [-0.05, 0) is 32.5 Å². The first kappa shape index (κ1) is 12.8. The zero-order valence-electron chi connectivity index (χ0n) is 10.4. The van der Waals surface area contributed by atoms with Crippen LogP contribution in [-0.2, 0) is 6.54 Å². The summed E-state index contributed by atoms with van der Waals surface area (Å²) in [6.07, 6.45) is 2.09. The number of ether oxygens (including phenoxy) is 1. The fourth-order valence-electron chi connectivity index (χ4n) is 1.35. The lowest BCUT2D eigenvalue weighted by Gasteiger charge is -2.10. The Bertz CT molecular complexity index is 340. The molecule has 2 heteroatoms. The monoisotopic (exact) mass is 219 g/mol.